The molecule has 4 aromatic rings. The molecule has 0 amide bonds. The molecule has 0 aliphatic heterocycles. The maximum atomic E-state index is 4.32. The maximum Gasteiger partial charge on any atom is 0.00723 e. The van der Waals surface area contributed by atoms with Crippen molar-refractivity contribution in [3.05, 3.63) is 119 Å². The van der Waals surface area contributed by atoms with Crippen molar-refractivity contribution in [2.45, 2.75) is 58.1 Å². The van der Waals surface area contributed by atoms with Gasteiger partial charge in [-0.25, -0.2) is 0 Å². The molecule has 5 heteroatoms. The van der Waals surface area contributed by atoms with Gasteiger partial charge in [-0.1, -0.05) is 74.2 Å². The zero-order valence-electron chi connectivity index (χ0n) is 25.0. The highest BCUT2D eigenvalue weighted by atomic mass is 32.2. The molecule has 0 aliphatic carbocycles. The minimum absolute atomic E-state index is 1.02. The first-order valence-corrected chi connectivity index (χ1v) is 20.0. The largest absolute Gasteiger partial charge is 0.179 e. The first kappa shape index (κ1) is 33.3. The Kier molecular flexibility index (Phi) is 14.4. The molecule has 0 atom stereocenters. The zero-order chi connectivity index (χ0) is 29.6. The first-order chi connectivity index (χ1) is 20.7. The highest BCUT2D eigenvalue weighted by Crippen LogP contribution is 2.39. The van der Waals surface area contributed by atoms with E-state index in [9.17, 15) is 0 Å². The van der Waals surface area contributed by atoms with E-state index in [2.05, 4.69) is 128 Å². The number of unbranched alkanes of at least 4 members (excludes halogenated alkanes) is 5. The fraction of sp³-hybridized carbons (Fsp3) is 0.297. The second-order valence-electron chi connectivity index (χ2n) is 10.2. The Morgan fingerprint density at radius 3 is 1.07 bits per heavy atom. The van der Waals surface area contributed by atoms with Gasteiger partial charge in [0.2, 0.25) is 0 Å². The van der Waals surface area contributed by atoms with Crippen LogP contribution in [0.4, 0.5) is 0 Å². The standard InChI is InChI=1S/C37H42S5/c1-39-32-18-10-28(11-19-32)36(29-12-20-33(40-2)21-13-29)37(30-14-22-34(41-3)23-15-30)31-16-24-35(25-17-31)42-27-9-7-5-4-6-8-26-38/h10-25,38H,4-9,26-27H2,1-3H3. The van der Waals surface area contributed by atoms with Gasteiger partial charge < -0.3 is 0 Å². The molecule has 0 spiro atoms. The summed E-state index contributed by atoms with van der Waals surface area (Å²) in [6.07, 6.45) is 14.3. The van der Waals surface area contributed by atoms with Crippen LogP contribution in [-0.2, 0) is 0 Å². The Morgan fingerprint density at radius 1 is 0.429 bits per heavy atom. The second-order valence-corrected chi connectivity index (χ2v) is 14.4. The minimum atomic E-state index is 1.02. The van der Waals surface area contributed by atoms with Crippen LogP contribution in [0.25, 0.3) is 11.1 Å². The monoisotopic (exact) mass is 646 g/mol. The SMILES string of the molecule is CSc1ccc(C(=C(c2ccc(SC)cc2)c2ccc(SCCCCCCCCS)cc2)c2ccc(SC)cc2)cc1. The van der Waals surface area contributed by atoms with Crippen LogP contribution in [0.15, 0.2) is 117 Å². The Hall–Kier alpha value is -1.63. The lowest BCUT2D eigenvalue weighted by Gasteiger charge is -2.19. The van der Waals surface area contributed by atoms with Crippen molar-refractivity contribution in [1.29, 1.82) is 0 Å². The van der Waals surface area contributed by atoms with E-state index in [1.807, 2.05) is 11.8 Å². The third kappa shape index (κ3) is 9.69. The van der Waals surface area contributed by atoms with Gasteiger partial charge >= 0.3 is 0 Å². The number of rotatable bonds is 16. The van der Waals surface area contributed by atoms with Crippen molar-refractivity contribution in [3.8, 4) is 0 Å². The predicted molar refractivity (Wildman–Crippen MR) is 198 cm³/mol. The van der Waals surface area contributed by atoms with Gasteiger partial charge in [0.25, 0.3) is 0 Å². The van der Waals surface area contributed by atoms with Crippen LogP contribution < -0.4 is 0 Å². The number of hydrogen-bond acceptors (Lipinski definition) is 5. The van der Waals surface area contributed by atoms with Crippen LogP contribution in [0.3, 0.4) is 0 Å². The molecule has 0 saturated heterocycles. The topological polar surface area (TPSA) is 0 Å². The van der Waals surface area contributed by atoms with Crippen molar-refractivity contribution >= 4 is 70.8 Å². The van der Waals surface area contributed by atoms with Gasteiger partial charge in [-0.15, -0.1) is 47.0 Å². The molecule has 0 bridgehead atoms. The van der Waals surface area contributed by atoms with Gasteiger partial charge in [-0.2, -0.15) is 12.6 Å². The summed E-state index contributed by atoms with van der Waals surface area (Å²) < 4.78 is 0. The fourth-order valence-corrected chi connectivity index (χ4v) is 7.37. The van der Waals surface area contributed by atoms with E-state index in [4.69, 9.17) is 0 Å². The summed E-state index contributed by atoms with van der Waals surface area (Å²) in [6.45, 7) is 0. The maximum absolute atomic E-state index is 4.32. The third-order valence-corrected chi connectivity index (χ3v) is 11.0. The Labute approximate surface area is 276 Å². The van der Waals surface area contributed by atoms with Gasteiger partial charge in [0, 0.05) is 19.6 Å². The smallest absolute Gasteiger partial charge is 0.00723 e. The summed E-state index contributed by atoms with van der Waals surface area (Å²) in [7, 11) is 0. The summed E-state index contributed by atoms with van der Waals surface area (Å²) >= 11 is 11.7. The van der Waals surface area contributed by atoms with E-state index in [0.717, 1.165) is 5.75 Å². The number of hydrogen-bond donors (Lipinski definition) is 1. The number of benzene rings is 4. The van der Waals surface area contributed by atoms with Crippen LogP contribution in [0.2, 0.25) is 0 Å². The van der Waals surface area contributed by atoms with Crippen molar-refractivity contribution in [3.63, 3.8) is 0 Å². The van der Waals surface area contributed by atoms with Gasteiger partial charge in [0.05, 0.1) is 0 Å². The van der Waals surface area contributed by atoms with Gasteiger partial charge in [-0.05, 0) is 125 Å². The molecule has 0 aromatic heterocycles. The van der Waals surface area contributed by atoms with E-state index in [0.29, 0.717) is 0 Å². The molecular weight excluding hydrogens is 605 g/mol. The Balaban J connectivity index is 1.70. The predicted octanol–water partition coefficient (Wildman–Crippen LogP) is 12.2. The summed E-state index contributed by atoms with van der Waals surface area (Å²) in [6, 6.07) is 36.4. The van der Waals surface area contributed by atoms with Crippen molar-refractivity contribution in [1.82, 2.24) is 0 Å². The lowest BCUT2D eigenvalue weighted by molar-refractivity contribution is 0.629. The molecule has 4 rings (SSSR count). The first-order valence-electron chi connectivity index (χ1n) is 14.7. The van der Waals surface area contributed by atoms with Crippen LogP contribution in [0, 0.1) is 0 Å². The van der Waals surface area contributed by atoms with E-state index in [1.165, 1.54) is 97.3 Å². The van der Waals surface area contributed by atoms with E-state index < -0.39 is 0 Å². The van der Waals surface area contributed by atoms with Gasteiger partial charge in [-0.3, -0.25) is 0 Å². The summed E-state index contributed by atoms with van der Waals surface area (Å²) in [5, 5.41) is 0. The summed E-state index contributed by atoms with van der Waals surface area (Å²) in [5.41, 5.74) is 7.50. The zero-order valence-corrected chi connectivity index (χ0v) is 29.1. The molecule has 0 saturated carbocycles. The average Bonchev–Trinajstić information content (AvgIpc) is 3.05. The van der Waals surface area contributed by atoms with Crippen LogP contribution >= 0.6 is 59.7 Å². The van der Waals surface area contributed by atoms with E-state index in [-0.39, 0.29) is 0 Å². The third-order valence-electron chi connectivity index (χ3n) is 7.35. The highest BCUT2D eigenvalue weighted by molar-refractivity contribution is 7.99. The van der Waals surface area contributed by atoms with E-state index >= 15 is 0 Å². The summed E-state index contributed by atoms with van der Waals surface area (Å²) in [5.74, 6) is 2.20. The molecule has 0 aliphatic rings. The van der Waals surface area contributed by atoms with Crippen molar-refractivity contribution in [2.24, 2.45) is 0 Å². The Morgan fingerprint density at radius 2 is 0.738 bits per heavy atom. The molecule has 42 heavy (non-hydrogen) atoms. The normalized spacial score (nSPS) is 11.0. The number of thiol groups is 1. The van der Waals surface area contributed by atoms with Crippen LogP contribution in [-0.4, -0.2) is 30.3 Å². The molecule has 4 aromatic carbocycles. The molecule has 0 nitrogen and oxygen atoms in total. The second kappa shape index (κ2) is 18.2. The molecule has 0 fully saturated rings. The molecule has 220 valence electrons. The highest BCUT2D eigenvalue weighted by Gasteiger charge is 2.17. The van der Waals surface area contributed by atoms with E-state index in [1.54, 1.807) is 35.3 Å². The molecule has 0 N–H and O–H groups in total. The van der Waals surface area contributed by atoms with Crippen molar-refractivity contribution in [2.75, 3.05) is 30.3 Å². The lowest BCUT2D eigenvalue weighted by atomic mass is 9.86. The Bertz CT molecular complexity index is 1320. The molecule has 0 heterocycles. The molecular formula is C37H42S5. The van der Waals surface area contributed by atoms with Crippen molar-refractivity contribution < 1.29 is 0 Å². The summed E-state index contributed by atoms with van der Waals surface area (Å²) in [4.78, 5) is 5.18. The number of thioether (sulfide) groups is 4. The fourth-order valence-electron chi connectivity index (χ4n) is 5.01. The van der Waals surface area contributed by atoms with Gasteiger partial charge in [0.15, 0.2) is 0 Å². The minimum Gasteiger partial charge on any atom is -0.179 e. The molecule has 0 radical (unpaired) electrons. The average molecular weight is 647 g/mol. The van der Waals surface area contributed by atoms with Crippen LogP contribution in [0.5, 0.6) is 0 Å². The van der Waals surface area contributed by atoms with Crippen LogP contribution in [0.1, 0.15) is 60.8 Å². The molecule has 0 unspecified atom stereocenters. The quantitative estimate of drug-likeness (QED) is 0.0556. The lowest BCUT2D eigenvalue weighted by Crippen LogP contribution is -1.98. The van der Waals surface area contributed by atoms with Gasteiger partial charge in [0.1, 0.15) is 0 Å².